The zero-order chi connectivity index (χ0) is 12.4. The molecule has 0 N–H and O–H groups in total. The lowest BCUT2D eigenvalue weighted by Gasteiger charge is -2.32. The highest BCUT2D eigenvalue weighted by Crippen LogP contribution is 2.20. The van der Waals surface area contributed by atoms with Crippen LogP contribution >= 0.6 is 11.3 Å². The first-order valence-electron chi connectivity index (χ1n) is 5.59. The van der Waals surface area contributed by atoms with Gasteiger partial charge in [-0.3, -0.25) is 9.59 Å². The number of ketones is 1. The van der Waals surface area contributed by atoms with Crippen LogP contribution in [0.1, 0.15) is 33.2 Å². The van der Waals surface area contributed by atoms with Crippen molar-refractivity contribution < 1.29 is 14.3 Å². The monoisotopic (exact) mass is 253 g/mol. The molecular formula is C12H15NO3S. The van der Waals surface area contributed by atoms with Crippen LogP contribution in [-0.4, -0.2) is 42.4 Å². The Balaban J connectivity index is 2.15. The Kier molecular flexibility index (Phi) is 3.59. The van der Waals surface area contributed by atoms with Crippen molar-refractivity contribution in [3.8, 4) is 0 Å². The van der Waals surface area contributed by atoms with E-state index >= 15 is 0 Å². The first-order valence-corrected chi connectivity index (χ1v) is 6.40. The topological polar surface area (TPSA) is 46.6 Å². The molecule has 0 saturated carbocycles. The molecule has 1 amide bonds. The number of nitrogens with zero attached hydrogens (tertiary/aromatic N) is 1. The summed E-state index contributed by atoms with van der Waals surface area (Å²) in [5, 5.41) is 0. The van der Waals surface area contributed by atoms with Crippen molar-refractivity contribution in [1.82, 2.24) is 4.90 Å². The van der Waals surface area contributed by atoms with Gasteiger partial charge in [0.15, 0.2) is 5.78 Å². The van der Waals surface area contributed by atoms with Crippen LogP contribution in [0.5, 0.6) is 0 Å². The van der Waals surface area contributed by atoms with E-state index in [4.69, 9.17) is 4.74 Å². The van der Waals surface area contributed by atoms with Gasteiger partial charge in [0.25, 0.3) is 5.91 Å². The number of ether oxygens (including phenoxy) is 1. The molecule has 5 heteroatoms. The molecule has 2 heterocycles. The molecule has 92 valence electrons. The zero-order valence-corrected chi connectivity index (χ0v) is 10.8. The van der Waals surface area contributed by atoms with E-state index in [-0.39, 0.29) is 17.7 Å². The summed E-state index contributed by atoms with van der Waals surface area (Å²) in [5.74, 6) is 0.00220. The van der Waals surface area contributed by atoms with Crippen molar-refractivity contribution in [1.29, 1.82) is 0 Å². The van der Waals surface area contributed by atoms with E-state index < -0.39 is 0 Å². The third-order valence-electron chi connectivity index (χ3n) is 2.79. The van der Waals surface area contributed by atoms with E-state index in [1.165, 1.54) is 18.3 Å². The smallest absolute Gasteiger partial charge is 0.264 e. The summed E-state index contributed by atoms with van der Waals surface area (Å²) in [6, 6.07) is 3.54. The average molecular weight is 253 g/mol. The van der Waals surface area contributed by atoms with Crippen LogP contribution in [0.15, 0.2) is 12.1 Å². The predicted octanol–water partition coefficient (Wildman–Crippen LogP) is 1.81. The maximum Gasteiger partial charge on any atom is 0.264 e. The fourth-order valence-corrected chi connectivity index (χ4v) is 2.67. The number of rotatable bonds is 2. The molecule has 2 rings (SSSR count). The van der Waals surface area contributed by atoms with Crippen LogP contribution in [-0.2, 0) is 4.74 Å². The van der Waals surface area contributed by atoms with Crippen molar-refractivity contribution in [2.45, 2.75) is 19.9 Å². The lowest BCUT2D eigenvalue weighted by molar-refractivity contribution is 0.00387. The van der Waals surface area contributed by atoms with Gasteiger partial charge in [0, 0.05) is 6.54 Å². The molecule has 0 aromatic carbocycles. The second-order valence-electron chi connectivity index (χ2n) is 4.14. The molecule has 1 aromatic rings. The molecule has 1 atom stereocenters. The summed E-state index contributed by atoms with van der Waals surface area (Å²) in [7, 11) is 0. The number of hydrogen-bond acceptors (Lipinski definition) is 4. The highest BCUT2D eigenvalue weighted by Gasteiger charge is 2.25. The number of carbonyl (C=O) groups excluding carboxylic acids is 2. The highest BCUT2D eigenvalue weighted by molar-refractivity contribution is 7.15. The summed E-state index contributed by atoms with van der Waals surface area (Å²) in [4.78, 5) is 26.5. The van der Waals surface area contributed by atoms with Crippen LogP contribution in [0.3, 0.4) is 0 Å². The largest absolute Gasteiger partial charge is 0.377 e. The highest BCUT2D eigenvalue weighted by atomic mass is 32.1. The third-order valence-corrected chi connectivity index (χ3v) is 3.97. The quantitative estimate of drug-likeness (QED) is 0.755. The van der Waals surface area contributed by atoms with E-state index in [1.807, 2.05) is 6.92 Å². The van der Waals surface area contributed by atoms with E-state index in [1.54, 1.807) is 17.0 Å². The summed E-state index contributed by atoms with van der Waals surface area (Å²) < 4.78 is 5.30. The van der Waals surface area contributed by atoms with Gasteiger partial charge in [-0.2, -0.15) is 0 Å². The lowest BCUT2D eigenvalue weighted by atomic mass is 10.2. The van der Waals surface area contributed by atoms with E-state index in [0.29, 0.717) is 29.5 Å². The van der Waals surface area contributed by atoms with Gasteiger partial charge in [-0.25, -0.2) is 0 Å². The van der Waals surface area contributed by atoms with Gasteiger partial charge >= 0.3 is 0 Å². The van der Waals surface area contributed by atoms with Crippen LogP contribution < -0.4 is 0 Å². The minimum Gasteiger partial charge on any atom is -0.377 e. The molecule has 1 unspecified atom stereocenters. The molecule has 4 nitrogen and oxygen atoms in total. The minimum absolute atomic E-state index is 0.00157. The predicted molar refractivity (Wildman–Crippen MR) is 65.6 cm³/mol. The second-order valence-corrected chi connectivity index (χ2v) is 5.23. The van der Waals surface area contributed by atoms with Crippen LogP contribution in [0.25, 0.3) is 0 Å². The van der Waals surface area contributed by atoms with Gasteiger partial charge in [-0.15, -0.1) is 11.3 Å². The zero-order valence-electron chi connectivity index (χ0n) is 9.93. The van der Waals surface area contributed by atoms with Crippen molar-refractivity contribution in [2.75, 3.05) is 19.8 Å². The number of thiophene rings is 1. The molecule has 0 radical (unpaired) electrons. The second kappa shape index (κ2) is 4.98. The summed E-state index contributed by atoms with van der Waals surface area (Å²) in [6.45, 7) is 5.26. The number of hydrogen-bond donors (Lipinski definition) is 0. The van der Waals surface area contributed by atoms with Gasteiger partial charge in [-0.1, -0.05) is 0 Å². The Hall–Kier alpha value is -1.20. The van der Waals surface area contributed by atoms with E-state index in [2.05, 4.69) is 0 Å². The Morgan fingerprint density at radius 3 is 2.71 bits per heavy atom. The fraction of sp³-hybridized carbons (Fsp3) is 0.500. The molecule has 1 aromatic heterocycles. The SMILES string of the molecule is CC(=O)c1ccc(C(=O)N2CCOCC2C)s1. The molecule has 1 aliphatic rings. The number of morpholine rings is 1. The first-order chi connectivity index (χ1) is 8.09. The third kappa shape index (κ3) is 2.56. The molecule has 1 fully saturated rings. The van der Waals surface area contributed by atoms with Crippen LogP contribution in [0.2, 0.25) is 0 Å². The molecular weight excluding hydrogens is 238 g/mol. The van der Waals surface area contributed by atoms with E-state index in [9.17, 15) is 9.59 Å². The van der Waals surface area contributed by atoms with Gasteiger partial charge in [0.2, 0.25) is 0 Å². The Bertz CT molecular complexity index is 441. The maximum atomic E-state index is 12.2. The van der Waals surface area contributed by atoms with Crippen LogP contribution in [0.4, 0.5) is 0 Å². The standard InChI is InChI=1S/C12H15NO3S/c1-8-7-16-6-5-13(8)12(15)11-4-3-10(17-11)9(2)14/h3-4,8H,5-7H2,1-2H3. The average Bonchev–Trinajstić information content (AvgIpc) is 2.78. The Labute approximate surface area is 104 Å². The van der Waals surface area contributed by atoms with Gasteiger partial charge in [0.1, 0.15) is 0 Å². The minimum atomic E-state index is -0.00157. The van der Waals surface area contributed by atoms with Crippen molar-refractivity contribution in [2.24, 2.45) is 0 Å². The number of carbonyl (C=O) groups is 2. The molecule has 1 aliphatic heterocycles. The number of Topliss-reactive ketones (excluding diaryl/α,β-unsaturated/α-hetero) is 1. The summed E-state index contributed by atoms with van der Waals surface area (Å²) in [6.07, 6.45) is 0. The molecule has 0 bridgehead atoms. The fourth-order valence-electron chi connectivity index (χ4n) is 1.81. The molecule has 0 aliphatic carbocycles. The van der Waals surface area contributed by atoms with Crippen molar-refractivity contribution in [3.63, 3.8) is 0 Å². The van der Waals surface area contributed by atoms with Crippen molar-refractivity contribution >= 4 is 23.0 Å². The van der Waals surface area contributed by atoms with Crippen LogP contribution in [0, 0.1) is 0 Å². The van der Waals surface area contributed by atoms with Gasteiger partial charge < -0.3 is 9.64 Å². The molecule has 0 spiro atoms. The van der Waals surface area contributed by atoms with Gasteiger partial charge in [-0.05, 0) is 26.0 Å². The Morgan fingerprint density at radius 2 is 2.12 bits per heavy atom. The summed E-state index contributed by atoms with van der Waals surface area (Å²) in [5.41, 5.74) is 0. The van der Waals surface area contributed by atoms with Gasteiger partial charge in [0.05, 0.1) is 29.0 Å². The maximum absolute atomic E-state index is 12.2. The lowest BCUT2D eigenvalue weighted by Crippen LogP contribution is -2.46. The first kappa shape index (κ1) is 12.3. The molecule has 17 heavy (non-hydrogen) atoms. The molecule has 1 saturated heterocycles. The number of amides is 1. The normalized spacial score (nSPS) is 20.4. The van der Waals surface area contributed by atoms with Crippen molar-refractivity contribution in [3.05, 3.63) is 21.9 Å². The summed E-state index contributed by atoms with van der Waals surface area (Å²) >= 11 is 1.26. The van der Waals surface area contributed by atoms with E-state index in [0.717, 1.165) is 0 Å². The Morgan fingerprint density at radius 1 is 1.41 bits per heavy atom.